The number of fused-ring (bicyclic) bond motifs is 3. The van der Waals surface area contributed by atoms with Gasteiger partial charge in [0.25, 0.3) is 0 Å². The van der Waals surface area contributed by atoms with Gasteiger partial charge in [0, 0.05) is 24.8 Å². The predicted octanol–water partition coefficient (Wildman–Crippen LogP) is 9.73. The van der Waals surface area contributed by atoms with Gasteiger partial charge in [-0.15, -0.1) is 0 Å². The SMILES string of the molecule is C.CCCCCCCCCCCCCCCCCC(=O)NCCCCOn1c(CCCC)nc2c(N)nc3ccccc3c21. The highest BCUT2D eigenvalue weighted by Gasteiger charge is 2.18. The molecule has 0 radical (unpaired) electrons. The Labute approximate surface area is 268 Å². The quantitative estimate of drug-likeness (QED) is 0.0932. The maximum absolute atomic E-state index is 12.3. The van der Waals surface area contributed by atoms with Gasteiger partial charge in [-0.1, -0.05) is 136 Å². The lowest BCUT2D eigenvalue weighted by Crippen LogP contribution is -2.24. The number of unbranched alkanes of at least 4 members (excludes halogenated alkanes) is 16. The molecule has 1 amide bonds. The van der Waals surface area contributed by atoms with E-state index in [0.29, 0.717) is 30.9 Å². The summed E-state index contributed by atoms with van der Waals surface area (Å²) in [5.41, 5.74) is 8.72. The van der Waals surface area contributed by atoms with E-state index in [1.807, 2.05) is 29.0 Å². The van der Waals surface area contributed by atoms with Crippen molar-refractivity contribution in [3.8, 4) is 0 Å². The van der Waals surface area contributed by atoms with E-state index in [9.17, 15) is 4.79 Å². The summed E-state index contributed by atoms with van der Waals surface area (Å²) in [6, 6.07) is 7.99. The molecule has 0 fully saturated rings. The largest absolute Gasteiger partial charge is 0.412 e. The summed E-state index contributed by atoms with van der Waals surface area (Å²) in [5.74, 6) is 1.50. The molecule has 0 aliphatic carbocycles. The molecule has 2 heterocycles. The van der Waals surface area contributed by atoms with Gasteiger partial charge in [-0.2, -0.15) is 4.73 Å². The van der Waals surface area contributed by atoms with Gasteiger partial charge in [0.05, 0.1) is 5.52 Å². The molecule has 44 heavy (non-hydrogen) atoms. The van der Waals surface area contributed by atoms with Gasteiger partial charge < -0.3 is 15.9 Å². The van der Waals surface area contributed by atoms with Crippen molar-refractivity contribution in [1.82, 2.24) is 20.0 Å². The molecule has 1 aromatic carbocycles. The van der Waals surface area contributed by atoms with Crippen molar-refractivity contribution in [1.29, 1.82) is 0 Å². The van der Waals surface area contributed by atoms with Crippen molar-refractivity contribution in [3.05, 3.63) is 30.1 Å². The van der Waals surface area contributed by atoms with E-state index in [-0.39, 0.29) is 13.3 Å². The second-order valence-electron chi connectivity index (χ2n) is 12.2. The third-order valence-electron chi connectivity index (χ3n) is 8.42. The van der Waals surface area contributed by atoms with Gasteiger partial charge in [-0.05, 0) is 31.7 Å². The van der Waals surface area contributed by atoms with E-state index in [1.54, 1.807) is 0 Å². The fraction of sp³-hybridized carbons (Fsp3) is 0.703. The molecule has 3 N–H and O–H groups in total. The minimum absolute atomic E-state index is 0. The van der Waals surface area contributed by atoms with Crippen LogP contribution in [0.3, 0.4) is 0 Å². The molecule has 0 saturated carbocycles. The smallest absolute Gasteiger partial charge is 0.219 e. The van der Waals surface area contributed by atoms with Crippen LogP contribution < -0.4 is 15.9 Å². The van der Waals surface area contributed by atoms with Crippen molar-refractivity contribution >= 4 is 33.7 Å². The second kappa shape index (κ2) is 22.6. The van der Waals surface area contributed by atoms with Crippen LogP contribution in [-0.4, -0.2) is 33.8 Å². The third-order valence-corrected chi connectivity index (χ3v) is 8.42. The van der Waals surface area contributed by atoms with Crippen LogP contribution in [0.15, 0.2) is 24.3 Å². The maximum atomic E-state index is 12.3. The van der Waals surface area contributed by atoms with E-state index in [2.05, 4.69) is 24.1 Å². The zero-order chi connectivity index (χ0) is 30.5. The number of nitrogens with two attached hydrogens (primary N) is 1. The first-order valence-electron chi connectivity index (χ1n) is 17.6. The molecule has 7 heteroatoms. The first-order chi connectivity index (χ1) is 21.2. The Morgan fingerprint density at radius 3 is 2.00 bits per heavy atom. The van der Waals surface area contributed by atoms with E-state index in [0.717, 1.165) is 67.2 Å². The molecule has 0 bridgehead atoms. The number of nitrogens with one attached hydrogen (secondary N) is 1. The number of carbonyl (C=O) groups excluding carboxylic acids is 1. The number of amides is 1. The predicted molar refractivity (Wildman–Crippen MR) is 188 cm³/mol. The van der Waals surface area contributed by atoms with Crippen molar-refractivity contribution in [2.45, 2.75) is 156 Å². The lowest BCUT2D eigenvalue weighted by Gasteiger charge is -2.12. The Morgan fingerprint density at radius 2 is 1.36 bits per heavy atom. The maximum Gasteiger partial charge on any atom is 0.219 e. The minimum Gasteiger partial charge on any atom is -0.412 e. The number of aromatic nitrogens is 3. The molecule has 248 valence electrons. The summed E-state index contributed by atoms with van der Waals surface area (Å²) in [4.78, 5) is 27.9. The molecule has 0 saturated heterocycles. The number of nitrogen functional groups attached to an aromatic ring is 1. The van der Waals surface area contributed by atoms with Gasteiger partial charge in [0.2, 0.25) is 5.91 Å². The second-order valence-corrected chi connectivity index (χ2v) is 12.2. The molecular weight excluding hydrogens is 546 g/mol. The van der Waals surface area contributed by atoms with Crippen molar-refractivity contribution in [3.63, 3.8) is 0 Å². The van der Waals surface area contributed by atoms with Crippen LogP contribution in [0, 0.1) is 0 Å². The first-order valence-corrected chi connectivity index (χ1v) is 17.6. The molecule has 3 aromatic rings. The van der Waals surface area contributed by atoms with Crippen LogP contribution in [0.4, 0.5) is 5.82 Å². The number of imidazole rings is 1. The number of hydrogen-bond acceptors (Lipinski definition) is 5. The summed E-state index contributed by atoms with van der Waals surface area (Å²) >= 11 is 0. The minimum atomic E-state index is 0. The Balaban J connectivity index is 0.00000675. The molecule has 3 rings (SSSR count). The molecule has 0 aliphatic rings. The van der Waals surface area contributed by atoms with E-state index < -0.39 is 0 Å². The van der Waals surface area contributed by atoms with Crippen LogP contribution in [0.1, 0.15) is 156 Å². The third kappa shape index (κ3) is 13.0. The fourth-order valence-corrected chi connectivity index (χ4v) is 5.81. The summed E-state index contributed by atoms with van der Waals surface area (Å²) < 4.78 is 1.88. The molecule has 7 nitrogen and oxygen atoms in total. The molecule has 0 aliphatic heterocycles. The molecule has 2 aromatic heterocycles. The Bertz CT molecular complexity index is 1190. The van der Waals surface area contributed by atoms with E-state index in [4.69, 9.17) is 15.6 Å². The molecular formula is C37H63N5O2. The number of hydrogen-bond donors (Lipinski definition) is 2. The topological polar surface area (TPSA) is 95.1 Å². The number of carbonyl (C=O) groups is 1. The van der Waals surface area contributed by atoms with Gasteiger partial charge >= 0.3 is 0 Å². The van der Waals surface area contributed by atoms with Crippen molar-refractivity contribution < 1.29 is 9.63 Å². The normalized spacial score (nSPS) is 11.2. The molecule has 0 spiro atoms. The Kier molecular flexibility index (Phi) is 19.2. The van der Waals surface area contributed by atoms with Gasteiger partial charge in [-0.25, -0.2) is 9.97 Å². The van der Waals surface area contributed by atoms with E-state index in [1.165, 1.54) is 83.5 Å². The van der Waals surface area contributed by atoms with Gasteiger partial charge in [0.15, 0.2) is 5.82 Å². The number of rotatable bonds is 25. The van der Waals surface area contributed by atoms with Gasteiger partial charge in [-0.3, -0.25) is 4.79 Å². The lowest BCUT2D eigenvalue weighted by molar-refractivity contribution is -0.121. The zero-order valence-electron chi connectivity index (χ0n) is 27.3. The monoisotopic (exact) mass is 609 g/mol. The van der Waals surface area contributed by atoms with Crippen molar-refractivity contribution in [2.75, 3.05) is 18.9 Å². The number of aryl methyl sites for hydroxylation is 1. The van der Waals surface area contributed by atoms with Crippen molar-refractivity contribution in [2.24, 2.45) is 0 Å². The zero-order valence-corrected chi connectivity index (χ0v) is 27.3. The standard InChI is InChI=1S/C36H59N5O2.CH4/c1-3-5-7-8-9-10-11-12-13-14-15-16-17-18-19-27-33(42)38-28-22-23-29-43-41-32(26-6-4-2)40-34-35(41)30-24-20-21-25-31(30)39-36(34)37;/h20-21,24-25H,3-19,22-23,26-29H2,1-2H3,(H2,37,39)(H,38,42);1H4. The number of anilines is 1. The highest BCUT2D eigenvalue weighted by atomic mass is 16.7. The van der Waals surface area contributed by atoms with E-state index >= 15 is 0 Å². The van der Waals surface area contributed by atoms with Gasteiger partial charge in [0.1, 0.15) is 23.5 Å². The number of benzene rings is 1. The summed E-state index contributed by atoms with van der Waals surface area (Å²) in [5, 5.41) is 4.08. The number of nitrogens with zero attached hydrogens (tertiary/aromatic N) is 3. The van der Waals surface area contributed by atoms with Crippen LogP contribution in [0.2, 0.25) is 0 Å². The number of pyridine rings is 1. The summed E-state index contributed by atoms with van der Waals surface area (Å²) in [6.07, 6.45) is 25.4. The first kappa shape index (κ1) is 37.4. The van der Waals surface area contributed by atoms with Crippen LogP contribution >= 0.6 is 0 Å². The average molecular weight is 610 g/mol. The Hall–Kier alpha value is -2.83. The lowest BCUT2D eigenvalue weighted by atomic mass is 10.0. The van der Waals surface area contributed by atoms with Crippen LogP contribution in [-0.2, 0) is 11.2 Å². The summed E-state index contributed by atoms with van der Waals surface area (Å²) in [7, 11) is 0. The highest BCUT2D eigenvalue weighted by Crippen LogP contribution is 2.28. The Morgan fingerprint density at radius 1 is 0.773 bits per heavy atom. The van der Waals surface area contributed by atoms with Crippen LogP contribution in [0.25, 0.3) is 21.9 Å². The molecule has 0 atom stereocenters. The van der Waals surface area contributed by atoms with Crippen LogP contribution in [0.5, 0.6) is 0 Å². The summed E-state index contributed by atoms with van der Waals surface area (Å²) in [6.45, 7) is 5.70. The highest BCUT2D eigenvalue weighted by molar-refractivity contribution is 6.06. The fourth-order valence-electron chi connectivity index (χ4n) is 5.81. The molecule has 0 unspecified atom stereocenters. The average Bonchev–Trinajstić information content (AvgIpc) is 3.38. The number of para-hydroxylation sites is 1.